The lowest BCUT2D eigenvalue weighted by Crippen LogP contribution is -2.42. The Balaban J connectivity index is 1.21. The third-order valence-corrected chi connectivity index (χ3v) is 8.32. The summed E-state index contributed by atoms with van der Waals surface area (Å²) in [5, 5.41) is 14.7. The number of carbonyl (C=O) groups is 2. The van der Waals surface area contributed by atoms with Gasteiger partial charge < -0.3 is 24.9 Å². The van der Waals surface area contributed by atoms with E-state index in [-0.39, 0.29) is 25.0 Å². The minimum absolute atomic E-state index is 0.00825. The molecule has 1 saturated carbocycles. The summed E-state index contributed by atoms with van der Waals surface area (Å²) in [5.41, 5.74) is 5.11. The van der Waals surface area contributed by atoms with Crippen molar-refractivity contribution in [2.75, 3.05) is 19.7 Å². The molecule has 9 heteroatoms. The van der Waals surface area contributed by atoms with Gasteiger partial charge in [0.15, 0.2) is 0 Å². The van der Waals surface area contributed by atoms with Gasteiger partial charge in [-0.1, -0.05) is 49.2 Å². The highest BCUT2D eigenvalue weighted by molar-refractivity contribution is 6.31. The van der Waals surface area contributed by atoms with Crippen molar-refractivity contribution in [3.8, 4) is 11.5 Å². The lowest BCUT2D eigenvalue weighted by Gasteiger charge is -2.35. The minimum Gasteiger partial charge on any atom is -0.491 e. The number of carbonyl (C=O) groups excluding carboxylic acids is 2. The molecule has 6 rings (SSSR count). The van der Waals surface area contributed by atoms with Gasteiger partial charge in [-0.15, -0.1) is 0 Å². The van der Waals surface area contributed by atoms with Crippen molar-refractivity contribution in [1.82, 2.24) is 15.2 Å². The summed E-state index contributed by atoms with van der Waals surface area (Å²) in [7, 11) is 0. The number of hydrogen-bond acceptors (Lipinski definition) is 5. The average Bonchev–Trinajstić information content (AvgIpc) is 3.81. The maximum Gasteiger partial charge on any atom is 0.416 e. The number of H-pyrrole nitrogens is 1. The SMILES string of the molecule is CCCc1ccc(OC(=O)N2CCc3c([nH]c4ccc(Cl)cc34)C2c2ccc(OCC(O)CNC(=O)C3CC3)cc2)cc1. The normalized spacial score (nSPS) is 16.9. The van der Waals surface area contributed by atoms with Gasteiger partial charge in [-0.05, 0) is 84.8 Å². The highest BCUT2D eigenvalue weighted by Gasteiger charge is 2.36. The number of hydrogen-bond donors (Lipinski definition) is 3. The van der Waals surface area contributed by atoms with Crippen LogP contribution >= 0.6 is 11.6 Å². The van der Waals surface area contributed by atoms with Crippen molar-refractivity contribution < 1.29 is 24.2 Å². The van der Waals surface area contributed by atoms with E-state index in [4.69, 9.17) is 21.1 Å². The third kappa shape index (κ3) is 6.65. The Bertz CT molecular complexity index is 1600. The minimum atomic E-state index is -0.817. The zero-order valence-corrected chi connectivity index (χ0v) is 24.9. The van der Waals surface area contributed by atoms with Crippen LogP contribution in [0.4, 0.5) is 4.79 Å². The molecule has 1 aliphatic carbocycles. The fraction of sp³-hybridized carbons (Fsp3) is 0.353. The van der Waals surface area contributed by atoms with E-state index in [9.17, 15) is 14.7 Å². The highest BCUT2D eigenvalue weighted by Crippen LogP contribution is 2.40. The van der Waals surface area contributed by atoms with Crippen molar-refractivity contribution in [2.45, 2.75) is 51.2 Å². The molecule has 8 nitrogen and oxygen atoms in total. The van der Waals surface area contributed by atoms with Crippen LogP contribution in [0.25, 0.3) is 10.9 Å². The van der Waals surface area contributed by atoms with E-state index in [1.165, 1.54) is 5.56 Å². The van der Waals surface area contributed by atoms with E-state index in [0.29, 0.717) is 29.5 Å². The first-order valence-corrected chi connectivity index (χ1v) is 15.3. The molecule has 2 amide bonds. The maximum atomic E-state index is 13.6. The monoisotopic (exact) mass is 601 g/mol. The molecule has 0 spiro atoms. The number of aliphatic hydroxyl groups is 1. The Morgan fingerprint density at radius 1 is 1.07 bits per heavy atom. The van der Waals surface area contributed by atoms with Gasteiger partial charge >= 0.3 is 6.09 Å². The van der Waals surface area contributed by atoms with Gasteiger partial charge in [0.05, 0.1) is 0 Å². The molecule has 0 bridgehead atoms. The summed E-state index contributed by atoms with van der Waals surface area (Å²) in [6.45, 7) is 2.81. The predicted molar refractivity (Wildman–Crippen MR) is 166 cm³/mol. The number of ether oxygens (including phenoxy) is 2. The number of nitrogens with one attached hydrogen (secondary N) is 2. The number of fused-ring (bicyclic) bond motifs is 3. The lowest BCUT2D eigenvalue weighted by atomic mass is 9.92. The topological polar surface area (TPSA) is 104 Å². The molecule has 3 N–H and O–H groups in total. The average molecular weight is 602 g/mol. The number of halogens is 1. The van der Waals surface area contributed by atoms with Gasteiger partial charge in [-0.2, -0.15) is 0 Å². The van der Waals surface area contributed by atoms with Gasteiger partial charge in [0.25, 0.3) is 0 Å². The van der Waals surface area contributed by atoms with Crippen LogP contribution in [0.15, 0.2) is 66.7 Å². The fourth-order valence-electron chi connectivity index (χ4n) is 5.68. The smallest absolute Gasteiger partial charge is 0.416 e. The number of rotatable bonds is 10. The largest absolute Gasteiger partial charge is 0.491 e. The van der Waals surface area contributed by atoms with E-state index in [2.05, 4.69) is 17.2 Å². The molecule has 4 aromatic rings. The molecule has 3 aromatic carbocycles. The van der Waals surface area contributed by atoms with Crippen LogP contribution in [0, 0.1) is 5.92 Å². The highest BCUT2D eigenvalue weighted by atomic mass is 35.5. The molecule has 2 heterocycles. The summed E-state index contributed by atoms with van der Waals surface area (Å²) in [6.07, 6.45) is 3.28. The molecule has 1 fully saturated rings. The van der Waals surface area contributed by atoms with Crippen LogP contribution in [-0.4, -0.2) is 52.8 Å². The number of benzene rings is 3. The summed E-state index contributed by atoms with van der Waals surface area (Å²) in [5.74, 6) is 1.18. The molecule has 2 unspecified atom stereocenters. The number of aryl methyl sites for hydroxylation is 1. The summed E-state index contributed by atoms with van der Waals surface area (Å²) >= 11 is 6.34. The Morgan fingerprint density at radius 3 is 2.53 bits per heavy atom. The Labute approximate surface area is 255 Å². The van der Waals surface area contributed by atoms with Crippen LogP contribution in [-0.2, 0) is 17.6 Å². The third-order valence-electron chi connectivity index (χ3n) is 8.09. The first kappa shape index (κ1) is 29.1. The van der Waals surface area contributed by atoms with E-state index >= 15 is 0 Å². The van der Waals surface area contributed by atoms with E-state index in [0.717, 1.165) is 53.4 Å². The molecule has 1 aromatic heterocycles. The van der Waals surface area contributed by atoms with E-state index < -0.39 is 18.2 Å². The Kier molecular flexibility index (Phi) is 8.58. The number of aromatic nitrogens is 1. The van der Waals surface area contributed by atoms with Crippen molar-refractivity contribution in [2.24, 2.45) is 5.92 Å². The molecule has 0 radical (unpaired) electrons. The summed E-state index contributed by atoms with van der Waals surface area (Å²) < 4.78 is 11.7. The van der Waals surface area contributed by atoms with Crippen LogP contribution in [0.3, 0.4) is 0 Å². The Morgan fingerprint density at radius 2 is 1.81 bits per heavy atom. The molecule has 224 valence electrons. The van der Waals surface area contributed by atoms with Crippen LogP contribution in [0.5, 0.6) is 11.5 Å². The van der Waals surface area contributed by atoms with Crippen LogP contribution in [0.2, 0.25) is 5.02 Å². The molecule has 0 saturated heterocycles. The van der Waals surface area contributed by atoms with Crippen molar-refractivity contribution in [1.29, 1.82) is 0 Å². The second-order valence-electron chi connectivity index (χ2n) is 11.4. The van der Waals surface area contributed by atoms with Crippen molar-refractivity contribution in [3.63, 3.8) is 0 Å². The number of nitrogens with zero attached hydrogens (tertiary/aromatic N) is 1. The number of aromatic amines is 1. The Hall–Kier alpha value is -4.01. The molecule has 1 aliphatic heterocycles. The summed E-state index contributed by atoms with van der Waals surface area (Å²) in [6, 6.07) is 20.5. The first-order chi connectivity index (χ1) is 20.9. The van der Waals surface area contributed by atoms with Gasteiger partial charge in [0, 0.05) is 40.6 Å². The van der Waals surface area contributed by atoms with Crippen molar-refractivity contribution in [3.05, 3.63) is 94.1 Å². The van der Waals surface area contributed by atoms with Gasteiger partial charge in [-0.25, -0.2) is 4.79 Å². The summed E-state index contributed by atoms with van der Waals surface area (Å²) in [4.78, 5) is 30.8. The molecule has 2 aliphatic rings. The molecule has 2 atom stereocenters. The zero-order chi connectivity index (χ0) is 29.9. The standard InChI is InChI=1S/C34H36ClN3O5/c1-2-3-21-4-11-27(12-5-21)43-34(41)38-17-16-28-29-18-24(35)10-15-30(29)37-31(28)32(38)22-8-13-26(14-9-22)42-20-25(39)19-36-33(40)23-6-7-23/h4-5,8-15,18,23,25,32,37,39H,2-3,6-7,16-17,19-20H2,1H3,(H,36,40). The van der Waals surface area contributed by atoms with Crippen molar-refractivity contribution >= 4 is 34.5 Å². The molecular formula is C34H36ClN3O5. The maximum absolute atomic E-state index is 13.6. The van der Waals surface area contributed by atoms with Crippen LogP contribution < -0.4 is 14.8 Å². The quantitative estimate of drug-likeness (QED) is 0.201. The molecule has 43 heavy (non-hydrogen) atoms. The zero-order valence-electron chi connectivity index (χ0n) is 24.1. The predicted octanol–water partition coefficient (Wildman–Crippen LogP) is 6.19. The fourth-order valence-corrected chi connectivity index (χ4v) is 5.85. The lowest BCUT2D eigenvalue weighted by molar-refractivity contribution is -0.122. The van der Waals surface area contributed by atoms with Gasteiger partial charge in [0.1, 0.15) is 30.3 Å². The number of amides is 2. The first-order valence-electron chi connectivity index (χ1n) is 15.0. The second kappa shape index (κ2) is 12.7. The van der Waals surface area contributed by atoms with Gasteiger partial charge in [0.2, 0.25) is 5.91 Å². The van der Waals surface area contributed by atoms with Gasteiger partial charge in [-0.3, -0.25) is 9.69 Å². The van der Waals surface area contributed by atoms with E-state index in [1.807, 2.05) is 66.7 Å². The van der Waals surface area contributed by atoms with Crippen LogP contribution in [0.1, 0.15) is 54.6 Å². The second-order valence-corrected chi connectivity index (χ2v) is 11.8. The number of aliphatic hydroxyl groups excluding tert-OH is 1. The molecular weight excluding hydrogens is 566 g/mol. The van der Waals surface area contributed by atoms with E-state index in [1.54, 1.807) is 4.90 Å².